The molecule has 1 N–H and O–H groups in total. The second-order valence-electron chi connectivity index (χ2n) is 4.14. The minimum Gasteiger partial charge on any atom is -0.465 e. The largest absolute Gasteiger partial charge is 0.465 e. The van der Waals surface area contributed by atoms with Gasteiger partial charge in [0, 0.05) is 27.4 Å². The van der Waals surface area contributed by atoms with Crippen molar-refractivity contribution in [2.45, 2.75) is 19.8 Å². The Kier molecular flexibility index (Phi) is 21.5. The number of rotatable bonds is 18. The molecule has 0 aliphatic carbocycles. The molecule has 23 heavy (non-hydrogen) atoms. The van der Waals surface area contributed by atoms with Gasteiger partial charge < -0.3 is 9.84 Å². The van der Waals surface area contributed by atoms with E-state index in [9.17, 15) is 4.79 Å². The van der Waals surface area contributed by atoms with Crippen molar-refractivity contribution in [3.05, 3.63) is 0 Å². The highest BCUT2D eigenvalue weighted by molar-refractivity contribution is 8.22. The van der Waals surface area contributed by atoms with Gasteiger partial charge in [0.25, 0.3) is 0 Å². The van der Waals surface area contributed by atoms with Gasteiger partial charge in [0.15, 0.2) is 0 Å². The number of thioether (sulfide) groups is 4. The zero-order valence-corrected chi connectivity index (χ0v) is 17.0. The monoisotopic (exact) mass is 404 g/mol. The van der Waals surface area contributed by atoms with Crippen molar-refractivity contribution in [3.63, 3.8) is 0 Å². The second-order valence-corrected chi connectivity index (χ2v) is 9.30. The highest BCUT2D eigenvalue weighted by Crippen LogP contribution is 2.18. The topological polar surface area (TPSA) is 65.0 Å². The summed E-state index contributed by atoms with van der Waals surface area (Å²) in [5.74, 6) is 3.20. The van der Waals surface area contributed by atoms with Gasteiger partial charge in [-0.05, 0) is 19.1 Å². The van der Waals surface area contributed by atoms with Crippen LogP contribution in [0.2, 0.25) is 0 Å². The Morgan fingerprint density at radius 1 is 0.913 bits per heavy atom. The van der Waals surface area contributed by atoms with E-state index in [1.54, 1.807) is 23.5 Å². The molecule has 0 unspecified atom stereocenters. The lowest BCUT2D eigenvalue weighted by molar-refractivity contribution is -0.290. The van der Waals surface area contributed by atoms with Gasteiger partial charge in [-0.15, -0.1) is 11.8 Å². The average molecular weight is 405 g/mol. The SMILES string of the molecule is CCOOCCCSCSCSCCC(=O)OCCSCCO. The Labute approximate surface area is 156 Å². The summed E-state index contributed by atoms with van der Waals surface area (Å²) in [4.78, 5) is 21.2. The molecule has 0 aromatic rings. The van der Waals surface area contributed by atoms with Crippen LogP contribution in [0.15, 0.2) is 0 Å². The minimum absolute atomic E-state index is 0.129. The van der Waals surface area contributed by atoms with Crippen molar-refractivity contribution in [1.29, 1.82) is 0 Å². The molecule has 0 aromatic heterocycles. The molecule has 0 heterocycles. The van der Waals surface area contributed by atoms with Crippen molar-refractivity contribution in [2.75, 3.05) is 59.6 Å². The summed E-state index contributed by atoms with van der Waals surface area (Å²) >= 11 is 7.13. The summed E-state index contributed by atoms with van der Waals surface area (Å²) in [5.41, 5.74) is 0. The predicted molar refractivity (Wildman–Crippen MR) is 104 cm³/mol. The van der Waals surface area contributed by atoms with Crippen LogP contribution in [0.3, 0.4) is 0 Å². The average Bonchev–Trinajstić information content (AvgIpc) is 2.55. The van der Waals surface area contributed by atoms with Gasteiger partial charge in [-0.2, -0.15) is 35.3 Å². The molecule has 0 fully saturated rings. The number of aliphatic hydroxyl groups excluding tert-OH is 1. The van der Waals surface area contributed by atoms with Crippen molar-refractivity contribution >= 4 is 53.0 Å². The maximum atomic E-state index is 11.4. The van der Waals surface area contributed by atoms with E-state index in [0.717, 1.165) is 33.8 Å². The van der Waals surface area contributed by atoms with Crippen LogP contribution in [0.25, 0.3) is 0 Å². The van der Waals surface area contributed by atoms with Crippen LogP contribution in [0, 0.1) is 0 Å². The summed E-state index contributed by atoms with van der Waals surface area (Å²) in [7, 11) is 0. The third-order valence-electron chi connectivity index (χ3n) is 2.23. The van der Waals surface area contributed by atoms with Crippen LogP contribution < -0.4 is 0 Å². The maximum Gasteiger partial charge on any atom is 0.306 e. The predicted octanol–water partition coefficient (Wildman–Crippen LogP) is 3.12. The molecule has 9 heteroatoms. The normalized spacial score (nSPS) is 10.9. The number of carbonyl (C=O) groups is 1. The molecule has 0 atom stereocenters. The quantitative estimate of drug-likeness (QED) is 0.122. The number of hydrogen-bond donors (Lipinski definition) is 1. The Morgan fingerprint density at radius 2 is 1.70 bits per heavy atom. The Hall–Kier alpha value is 0.750. The zero-order valence-electron chi connectivity index (χ0n) is 13.7. The van der Waals surface area contributed by atoms with Crippen LogP contribution >= 0.6 is 47.0 Å². The first-order valence-corrected chi connectivity index (χ1v) is 12.2. The van der Waals surface area contributed by atoms with Gasteiger partial charge in [0.05, 0.1) is 26.2 Å². The van der Waals surface area contributed by atoms with Crippen LogP contribution in [0.4, 0.5) is 0 Å². The van der Waals surface area contributed by atoms with E-state index < -0.39 is 0 Å². The Morgan fingerprint density at radius 3 is 2.43 bits per heavy atom. The molecule has 0 spiro atoms. The van der Waals surface area contributed by atoms with Crippen molar-refractivity contribution < 1.29 is 24.4 Å². The van der Waals surface area contributed by atoms with Gasteiger partial charge in [0.2, 0.25) is 0 Å². The number of esters is 1. The molecule has 0 aliphatic heterocycles. The highest BCUT2D eigenvalue weighted by Gasteiger charge is 2.02. The molecule has 0 aliphatic rings. The van der Waals surface area contributed by atoms with E-state index in [4.69, 9.17) is 19.6 Å². The zero-order chi connectivity index (χ0) is 17.0. The Balaban J connectivity index is 3.10. The fourth-order valence-electron chi connectivity index (χ4n) is 1.24. The van der Waals surface area contributed by atoms with Crippen LogP contribution in [-0.2, 0) is 19.3 Å². The lowest BCUT2D eigenvalue weighted by Crippen LogP contribution is -2.08. The lowest BCUT2D eigenvalue weighted by atomic mass is 10.5. The van der Waals surface area contributed by atoms with Gasteiger partial charge in [-0.25, -0.2) is 9.78 Å². The highest BCUT2D eigenvalue weighted by atomic mass is 32.2. The van der Waals surface area contributed by atoms with E-state index in [-0.39, 0.29) is 12.6 Å². The molecule has 0 aromatic carbocycles. The van der Waals surface area contributed by atoms with Crippen molar-refractivity contribution in [1.82, 2.24) is 0 Å². The summed E-state index contributed by atoms with van der Waals surface area (Å²) in [5, 5.41) is 10.7. The molecule has 138 valence electrons. The smallest absolute Gasteiger partial charge is 0.306 e. The van der Waals surface area contributed by atoms with Gasteiger partial charge >= 0.3 is 5.97 Å². The van der Waals surface area contributed by atoms with Gasteiger partial charge in [-0.1, -0.05) is 0 Å². The fraction of sp³-hybridized carbons (Fsp3) is 0.929. The summed E-state index contributed by atoms with van der Waals surface area (Å²) in [6, 6.07) is 0. The molecule has 0 amide bonds. The molecular formula is C14H28O5S4. The van der Waals surface area contributed by atoms with Crippen LogP contribution in [-0.4, -0.2) is 70.7 Å². The van der Waals surface area contributed by atoms with Gasteiger partial charge in [0.1, 0.15) is 6.61 Å². The summed E-state index contributed by atoms with van der Waals surface area (Å²) < 4.78 is 5.10. The van der Waals surface area contributed by atoms with Crippen molar-refractivity contribution in [3.8, 4) is 0 Å². The standard InChI is InChI=1S/C14H28O5S4/c1-2-18-19-6-3-8-21-12-23-13-22-9-4-14(16)17-7-11-20-10-5-15/h15H,2-13H2,1H3. The number of hydrogen-bond acceptors (Lipinski definition) is 9. The number of carbonyl (C=O) groups excluding carboxylic acids is 1. The first-order chi connectivity index (χ1) is 11.3. The third kappa shape index (κ3) is 20.7. The van der Waals surface area contributed by atoms with Gasteiger partial charge in [-0.3, -0.25) is 4.79 Å². The van der Waals surface area contributed by atoms with Crippen molar-refractivity contribution in [2.24, 2.45) is 0 Å². The van der Waals surface area contributed by atoms with Crippen LogP contribution in [0.1, 0.15) is 19.8 Å². The minimum atomic E-state index is -0.129. The summed E-state index contributed by atoms with van der Waals surface area (Å²) in [6.45, 7) is 3.76. The van der Waals surface area contributed by atoms with E-state index in [1.807, 2.05) is 30.4 Å². The first kappa shape index (κ1) is 23.8. The van der Waals surface area contributed by atoms with E-state index >= 15 is 0 Å². The number of aliphatic hydroxyl groups is 1. The lowest BCUT2D eigenvalue weighted by Gasteiger charge is -2.05. The summed E-state index contributed by atoms with van der Waals surface area (Å²) in [6.07, 6.45) is 1.47. The van der Waals surface area contributed by atoms with E-state index in [2.05, 4.69) is 0 Å². The molecule has 0 saturated heterocycles. The molecular weight excluding hydrogens is 376 g/mol. The molecule has 0 rings (SSSR count). The number of ether oxygens (including phenoxy) is 1. The first-order valence-electron chi connectivity index (χ1n) is 7.63. The van der Waals surface area contributed by atoms with E-state index in [0.29, 0.717) is 32.0 Å². The maximum absolute atomic E-state index is 11.4. The molecule has 0 saturated carbocycles. The molecule has 0 radical (unpaired) electrons. The molecule has 5 nitrogen and oxygen atoms in total. The Bertz CT molecular complexity index is 259. The fourth-order valence-corrected chi connectivity index (χ4v) is 5.18. The van der Waals surface area contributed by atoms with E-state index in [1.165, 1.54) is 0 Å². The van der Waals surface area contributed by atoms with Crippen LogP contribution in [0.5, 0.6) is 0 Å². The third-order valence-corrected chi connectivity index (χ3v) is 6.89. The molecule has 0 bridgehead atoms. The second kappa shape index (κ2) is 20.8.